The van der Waals surface area contributed by atoms with Crippen molar-refractivity contribution in [3.63, 3.8) is 0 Å². The van der Waals surface area contributed by atoms with E-state index in [-0.39, 0.29) is 0 Å². The number of rotatable bonds is 5. The Balaban J connectivity index is 2.72. The zero-order chi connectivity index (χ0) is 12.0. The van der Waals surface area contributed by atoms with E-state index in [4.69, 9.17) is 9.84 Å². The van der Waals surface area contributed by atoms with Gasteiger partial charge < -0.3 is 14.7 Å². The molecule has 0 saturated heterocycles. The number of methoxy groups -OCH3 is 1. The van der Waals surface area contributed by atoms with Gasteiger partial charge in [0.05, 0.1) is 12.8 Å². The third kappa shape index (κ3) is 3.31. The molecule has 0 atom stereocenters. The number of nitrogens with zero attached hydrogens (tertiary/aromatic N) is 1. The number of carbonyl (C=O) groups is 1. The van der Waals surface area contributed by atoms with E-state index in [0.29, 0.717) is 6.54 Å². The molecule has 0 amide bonds. The maximum Gasteiger partial charge on any atom is 0.328 e. The average Bonchev–Trinajstić information content (AvgIpc) is 2.28. The highest BCUT2D eigenvalue weighted by atomic mass is 16.5. The van der Waals surface area contributed by atoms with Gasteiger partial charge in [-0.05, 0) is 12.1 Å². The topological polar surface area (TPSA) is 49.8 Å². The van der Waals surface area contributed by atoms with Crippen LogP contribution in [0.3, 0.4) is 0 Å². The fourth-order valence-electron chi connectivity index (χ4n) is 1.36. The zero-order valence-corrected chi connectivity index (χ0v) is 9.38. The van der Waals surface area contributed by atoms with Crippen molar-refractivity contribution < 1.29 is 14.6 Å². The molecule has 4 nitrogen and oxygen atoms in total. The summed E-state index contributed by atoms with van der Waals surface area (Å²) in [7, 11) is 3.49. The van der Waals surface area contributed by atoms with Crippen LogP contribution in [0.5, 0.6) is 5.75 Å². The highest BCUT2D eigenvalue weighted by Gasteiger charge is 2.05. The monoisotopic (exact) mass is 221 g/mol. The van der Waals surface area contributed by atoms with Gasteiger partial charge in [0.25, 0.3) is 0 Å². The molecule has 1 rings (SSSR count). The highest BCUT2D eigenvalue weighted by molar-refractivity contribution is 5.79. The molecule has 0 aliphatic rings. The standard InChI is InChI=1S/C12H15NO3/c1-13(9-5-8-12(14)15)10-6-3-4-7-11(10)16-2/h3-8H,9H2,1-2H3,(H,14,15). The van der Waals surface area contributed by atoms with E-state index in [2.05, 4.69) is 0 Å². The lowest BCUT2D eigenvalue weighted by Gasteiger charge is -2.19. The molecule has 0 aromatic heterocycles. The lowest BCUT2D eigenvalue weighted by atomic mass is 10.2. The Morgan fingerprint density at radius 2 is 2.19 bits per heavy atom. The van der Waals surface area contributed by atoms with E-state index in [9.17, 15) is 4.79 Å². The summed E-state index contributed by atoms with van der Waals surface area (Å²) < 4.78 is 5.21. The van der Waals surface area contributed by atoms with Crippen molar-refractivity contribution in [3.8, 4) is 5.75 Å². The second kappa shape index (κ2) is 5.80. The van der Waals surface area contributed by atoms with Gasteiger partial charge in [-0.3, -0.25) is 0 Å². The van der Waals surface area contributed by atoms with Crippen molar-refractivity contribution in [1.29, 1.82) is 0 Å². The Labute approximate surface area is 94.8 Å². The van der Waals surface area contributed by atoms with Crippen LogP contribution in [0.4, 0.5) is 5.69 Å². The number of hydrogen-bond donors (Lipinski definition) is 1. The largest absolute Gasteiger partial charge is 0.495 e. The summed E-state index contributed by atoms with van der Waals surface area (Å²) in [5.74, 6) is -0.165. The summed E-state index contributed by atoms with van der Waals surface area (Å²) in [5, 5.41) is 8.47. The smallest absolute Gasteiger partial charge is 0.328 e. The average molecular weight is 221 g/mol. The van der Waals surface area contributed by atoms with E-state index in [1.807, 2.05) is 36.2 Å². The number of aliphatic carboxylic acids is 1. The Morgan fingerprint density at radius 1 is 1.50 bits per heavy atom. The van der Waals surface area contributed by atoms with Crippen LogP contribution < -0.4 is 9.64 Å². The Bertz CT molecular complexity index is 388. The second-order valence-electron chi connectivity index (χ2n) is 3.29. The minimum absolute atomic E-state index is 0.521. The minimum Gasteiger partial charge on any atom is -0.495 e. The maximum absolute atomic E-state index is 10.3. The molecule has 0 saturated carbocycles. The number of anilines is 1. The van der Waals surface area contributed by atoms with Crippen LogP contribution >= 0.6 is 0 Å². The van der Waals surface area contributed by atoms with Gasteiger partial charge in [-0.25, -0.2) is 4.79 Å². The number of ether oxygens (including phenoxy) is 1. The number of likely N-dealkylation sites (N-methyl/N-ethyl adjacent to an activating group) is 1. The normalized spacial score (nSPS) is 10.4. The molecule has 0 aliphatic carbocycles. The number of carboxylic acids is 1. The molecule has 1 N–H and O–H groups in total. The summed E-state index contributed by atoms with van der Waals surface area (Å²) in [6, 6.07) is 7.60. The molecule has 0 unspecified atom stereocenters. The molecule has 1 aromatic carbocycles. The molecule has 1 aromatic rings. The first-order valence-electron chi connectivity index (χ1n) is 4.88. The van der Waals surface area contributed by atoms with Gasteiger partial charge in [0.1, 0.15) is 5.75 Å². The molecule has 0 spiro atoms. The fraction of sp³-hybridized carbons (Fsp3) is 0.250. The summed E-state index contributed by atoms with van der Waals surface area (Å²) in [6.45, 7) is 0.521. The molecule has 0 aliphatic heterocycles. The SMILES string of the molecule is COc1ccccc1N(C)CC=CC(=O)O. The summed E-state index contributed by atoms with van der Waals surface area (Å²) in [6.07, 6.45) is 2.72. The van der Waals surface area contributed by atoms with Crippen LogP contribution in [0.2, 0.25) is 0 Å². The van der Waals surface area contributed by atoms with Crippen molar-refractivity contribution >= 4 is 11.7 Å². The third-order valence-corrected chi connectivity index (χ3v) is 2.14. The van der Waals surface area contributed by atoms with Crippen LogP contribution in [0.25, 0.3) is 0 Å². The molecule has 4 heteroatoms. The maximum atomic E-state index is 10.3. The first kappa shape index (κ1) is 12.1. The van der Waals surface area contributed by atoms with Crippen molar-refractivity contribution in [2.75, 3.05) is 25.6 Å². The van der Waals surface area contributed by atoms with Gasteiger partial charge in [-0.2, -0.15) is 0 Å². The summed E-state index contributed by atoms with van der Waals surface area (Å²) in [4.78, 5) is 12.2. The molecular formula is C12H15NO3. The number of para-hydroxylation sites is 2. The number of carboxylic acid groups (broad SMARTS) is 1. The molecule has 0 radical (unpaired) electrons. The lowest BCUT2D eigenvalue weighted by Crippen LogP contribution is -2.17. The van der Waals surface area contributed by atoms with E-state index < -0.39 is 5.97 Å². The molecule has 0 heterocycles. The zero-order valence-electron chi connectivity index (χ0n) is 9.38. The van der Waals surface area contributed by atoms with E-state index >= 15 is 0 Å². The van der Waals surface area contributed by atoms with Crippen LogP contribution in [-0.4, -0.2) is 31.8 Å². The molecule has 0 bridgehead atoms. The van der Waals surface area contributed by atoms with Crippen molar-refractivity contribution in [3.05, 3.63) is 36.4 Å². The number of benzene rings is 1. The van der Waals surface area contributed by atoms with Crippen LogP contribution in [0.15, 0.2) is 36.4 Å². The molecule has 16 heavy (non-hydrogen) atoms. The quantitative estimate of drug-likeness (QED) is 0.770. The van der Waals surface area contributed by atoms with Crippen LogP contribution in [0.1, 0.15) is 0 Å². The van der Waals surface area contributed by atoms with Gasteiger partial charge in [0.2, 0.25) is 0 Å². The summed E-state index contributed by atoms with van der Waals surface area (Å²) in [5.41, 5.74) is 0.931. The molecular weight excluding hydrogens is 206 g/mol. The van der Waals surface area contributed by atoms with Gasteiger partial charge >= 0.3 is 5.97 Å². The van der Waals surface area contributed by atoms with Gasteiger partial charge in [-0.15, -0.1) is 0 Å². The first-order valence-corrected chi connectivity index (χ1v) is 4.88. The van der Waals surface area contributed by atoms with Crippen molar-refractivity contribution in [2.45, 2.75) is 0 Å². The van der Waals surface area contributed by atoms with Crippen molar-refractivity contribution in [2.24, 2.45) is 0 Å². The molecule has 86 valence electrons. The van der Waals surface area contributed by atoms with Gasteiger partial charge in [-0.1, -0.05) is 18.2 Å². The fourth-order valence-corrected chi connectivity index (χ4v) is 1.36. The Morgan fingerprint density at radius 3 is 2.81 bits per heavy atom. The van der Waals surface area contributed by atoms with E-state index in [0.717, 1.165) is 17.5 Å². The highest BCUT2D eigenvalue weighted by Crippen LogP contribution is 2.26. The predicted molar refractivity (Wildman–Crippen MR) is 63.0 cm³/mol. The van der Waals surface area contributed by atoms with E-state index in [1.165, 1.54) is 0 Å². The van der Waals surface area contributed by atoms with Gasteiger partial charge in [0, 0.05) is 19.7 Å². The van der Waals surface area contributed by atoms with Crippen LogP contribution in [-0.2, 0) is 4.79 Å². The molecule has 0 fully saturated rings. The predicted octanol–water partition coefficient (Wildman–Crippen LogP) is 1.77. The Hall–Kier alpha value is -1.97. The summed E-state index contributed by atoms with van der Waals surface area (Å²) >= 11 is 0. The second-order valence-corrected chi connectivity index (χ2v) is 3.29. The number of hydrogen-bond acceptors (Lipinski definition) is 3. The van der Waals surface area contributed by atoms with Gasteiger partial charge in [0.15, 0.2) is 0 Å². The van der Waals surface area contributed by atoms with Crippen molar-refractivity contribution in [1.82, 2.24) is 0 Å². The van der Waals surface area contributed by atoms with E-state index in [1.54, 1.807) is 13.2 Å². The lowest BCUT2D eigenvalue weighted by molar-refractivity contribution is -0.131. The van der Waals surface area contributed by atoms with Crippen LogP contribution in [0, 0.1) is 0 Å². The minimum atomic E-state index is -0.937. The first-order chi connectivity index (χ1) is 7.65. The third-order valence-electron chi connectivity index (χ3n) is 2.14. The Kier molecular flexibility index (Phi) is 4.39.